The minimum Gasteiger partial charge on any atom is -0.335 e. The number of hydrogen-bond donors (Lipinski definition) is 1. The molecule has 30 heavy (non-hydrogen) atoms. The van der Waals surface area contributed by atoms with Gasteiger partial charge < -0.3 is 4.90 Å². The third-order valence-corrected chi connectivity index (χ3v) is 6.10. The molecule has 5 heteroatoms. The summed E-state index contributed by atoms with van der Waals surface area (Å²) in [5.41, 5.74) is 3.96. The maximum absolute atomic E-state index is 13.4. The summed E-state index contributed by atoms with van der Waals surface area (Å²) in [5.74, 6) is -1.04. The van der Waals surface area contributed by atoms with Gasteiger partial charge in [-0.05, 0) is 56.5 Å². The summed E-state index contributed by atoms with van der Waals surface area (Å²) < 4.78 is 0. The molecule has 1 atom stereocenters. The summed E-state index contributed by atoms with van der Waals surface area (Å²) in [6.07, 6.45) is 2.72. The molecule has 1 unspecified atom stereocenters. The molecule has 0 fully saturated rings. The van der Waals surface area contributed by atoms with Crippen LogP contribution in [0.25, 0.3) is 0 Å². The molecule has 0 aliphatic carbocycles. The fourth-order valence-electron chi connectivity index (χ4n) is 4.01. The van der Waals surface area contributed by atoms with Gasteiger partial charge in [0.1, 0.15) is 0 Å². The molecule has 2 aromatic carbocycles. The summed E-state index contributed by atoms with van der Waals surface area (Å²) in [4.78, 5) is 34.1. The van der Waals surface area contributed by atoms with Crippen molar-refractivity contribution in [2.24, 2.45) is 4.99 Å². The largest absolute Gasteiger partial charge is 0.335 e. The highest BCUT2D eigenvalue weighted by molar-refractivity contribution is 6.29. The molecule has 1 N–H and O–H groups in total. The SMILES string of the molecule is CC[NH+](CC)CCCN=CC1C(=O)N(c2cccc(C)c2C)C(=O)c2ccccc21. The number of imide groups is 1. The van der Waals surface area contributed by atoms with Crippen molar-refractivity contribution in [1.29, 1.82) is 0 Å². The third kappa shape index (κ3) is 4.36. The Morgan fingerprint density at radius 2 is 1.77 bits per heavy atom. The molecule has 1 heterocycles. The van der Waals surface area contributed by atoms with Gasteiger partial charge in [-0.2, -0.15) is 0 Å². The number of nitrogens with zero attached hydrogens (tertiary/aromatic N) is 2. The number of quaternary nitrogens is 1. The Morgan fingerprint density at radius 3 is 2.50 bits per heavy atom. The zero-order valence-electron chi connectivity index (χ0n) is 18.4. The Morgan fingerprint density at radius 1 is 1.03 bits per heavy atom. The first-order valence-electron chi connectivity index (χ1n) is 10.9. The van der Waals surface area contributed by atoms with Gasteiger partial charge in [-0.3, -0.25) is 14.6 Å². The third-order valence-electron chi connectivity index (χ3n) is 6.10. The van der Waals surface area contributed by atoms with Crippen LogP contribution in [0.5, 0.6) is 0 Å². The lowest BCUT2D eigenvalue weighted by atomic mass is 9.88. The number of aliphatic imine (C=N–C) groups is 1. The number of rotatable bonds is 8. The molecule has 0 radical (unpaired) electrons. The molecular formula is C25H32N3O2+. The second-order valence-corrected chi connectivity index (χ2v) is 7.88. The Bertz CT molecular complexity index is 947. The second-order valence-electron chi connectivity index (χ2n) is 7.88. The van der Waals surface area contributed by atoms with Gasteiger partial charge in [-0.15, -0.1) is 0 Å². The summed E-state index contributed by atoms with van der Waals surface area (Å²) in [6, 6.07) is 13.1. The van der Waals surface area contributed by atoms with Crippen LogP contribution in [0.1, 0.15) is 53.2 Å². The molecule has 0 saturated carbocycles. The minimum atomic E-state index is -0.542. The minimum absolute atomic E-state index is 0.231. The second kappa shape index (κ2) is 9.81. The Balaban J connectivity index is 1.88. The van der Waals surface area contributed by atoms with E-state index in [-0.39, 0.29) is 11.8 Å². The molecule has 2 aromatic rings. The normalized spacial score (nSPS) is 16.6. The van der Waals surface area contributed by atoms with E-state index < -0.39 is 5.92 Å². The molecule has 3 rings (SSSR count). The molecule has 2 amide bonds. The highest BCUT2D eigenvalue weighted by Gasteiger charge is 2.39. The van der Waals surface area contributed by atoms with Crippen LogP contribution in [0.3, 0.4) is 0 Å². The molecule has 1 aliphatic heterocycles. The number of carbonyl (C=O) groups is 2. The van der Waals surface area contributed by atoms with E-state index in [1.54, 1.807) is 17.2 Å². The lowest BCUT2D eigenvalue weighted by Gasteiger charge is -2.32. The number of fused-ring (bicyclic) bond motifs is 1. The predicted molar refractivity (Wildman–Crippen MR) is 122 cm³/mol. The molecule has 0 spiro atoms. The number of benzene rings is 2. The van der Waals surface area contributed by atoms with Crippen LogP contribution in [-0.2, 0) is 4.79 Å². The quantitative estimate of drug-likeness (QED) is 0.416. The number of carbonyl (C=O) groups excluding carboxylic acids is 2. The number of amides is 2. The Kier molecular flexibility index (Phi) is 7.16. The average molecular weight is 407 g/mol. The molecule has 158 valence electrons. The van der Waals surface area contributed by atoms with Gasteiger partial charge in [0.2, 0.25) is 5.91 Å². The molecule has 0 aromatic heterocycles. The van der Waals surface area contributed by atoms with Crippen molar-refractivity contribution in [3.63, 3.8) is 0 Å². The Labute approximate surface area is 179 Å². The van der Waals surface area contributed by atoms with Crippen molar-refractivity contribution in [2.45, 2.75) is 40.0 Å². The predicted octanol–water partition coefficient (Wildman–Crippen LogP) is 2.96. The van der Waals surface area contributed by atoms with Gasteiger partial charge >= 0.3 is 0 Å². The smallest absolute Gasteiger partial charge is 0.265 e. The molecule has 5 nitrogen and oxygen atoms in total. The maximum Gasteiger partial charge on any atom is 0.265 e. The van der Waals surface area contributed by atoms with E-state index in [9.17, 15) is 9.59 Å². The maximum atomic E-state index is 13.4. The van der Waals surface area contributed by atoms with Gasteiger partial charge in [0.15, 0.2) is 0 Å². The molecule has 0 bridgehead atoms. The van der Waals surface area contributed by atoms with Crippen molar-refractivity contribution < 1.29 is 14.5 Å². The van der Waals surface area contributed by atoms with E-state index >= 15 is 0 Å². The van der Waals surface area contributed by atoms with Crippen molar-refractivity contribution >= 4 is 23.7 Å². The van der Waals surface area contributed by atoms with Crippen LogP contribution >= 0.6 is 0 Å². The van der Waals surface area contributed by atoms with Crippen LogP contribution < -0.4 is 9.80 Å². The summed E-state index contributed by atoms with van der Waals surface area (Å²) in [7, 11) is 0. The fraction of sp³-hybridized carbons (Fsp3) is 0.400. The van der Waals surface area contributed by atoms with E-state index in [1.165, 1.54) is 4.90 Å². The first-order valence-corrected chi connectivity index (χ1v) is 10.9. The number of nitrogens with one attached hydrogen (secondary N) is 1. The summed E-state index contributed by atoms with van der Waals surface area (Å²) in [6.45, 7) is 12.3. The molecule has 1 aliphatic rings. The lowest BCUT2D eigenvalue weighted by Crippen LogP contribution is -3.11. The summed E-state index contributed by atoms with van der Waals surface area (Å²) in [5, 5.41) is 0. The van der Waals surface area contributed by atoms with Gasteiger partial charge in [-0.1, -0.05) is 30.3 Å². The van der Waals surface area contributed by atoms with Crippen LogP contribution in [0, 0.1) is 13.8 Å². The lowest BCUT2D eigenvalue weighted by molar-refractivity contribution is -0.896. The monoisotopic (exact) mass is 406 g/mol. The van der Waals surface area contributed by atoms with Crippen LogP contribution in [-0.4, -0.2) is 44.2 Å². The highest BCUT2D eigenvalue weighted by atomic mass is 16.2. The first kappa shape index (κ1) is 21.9. The topological polar surface area (TPSA) is 54.2 Å². The van der Waals surface area contributed by atoms with Crippen LogP contribution in [0.2, 0.25) is 0 Å². The van der Waals surface area contributed by atoms with Crippen molar-refractivity contribution in [1.82, 2.24) is 0 Å². The highest BCUT2D eigenvalue weighted by Crippen LogP contribution is 2.34. The number of anilines is 1. The number of hydrogen-bond acceptors (Lipinski definition) is 3. The van der Waals surface area contributed by atoms with Gasteiger partial charge in [0, 0.05) is 24.7 Å². The average Bonchev–Trinajstić information content (AvgIpc) is 2.76. The van der Waals surface area contributed by atoms with Crippen LogP contribution in [0.4, 0.5) is 5.69 Å². The summed E-state index contributed by atoms with van der Waals surface area (Å²) >= 11 is 0. The van der Waals surface area contributed by atoms with Crippen LogP contribution in [0.15, 0.2) is 47.5 Å². The molecular weight excluding hydrogens is 374 g/mol. The van der Waals surface area contributed by atoms with E-state index in [4.69, 9.17) is 0 Å². The van der Waals surface area contributed by atoms with E-state index in [0.29, 0.717) is 17.8 Å². The zero-order valence-corrected chi connectivity index (χ0v) is 18.4. The Hall–Kier alpha value is -2.79. The standard InChI is InChI=1S/C25H31N3O2/c1-5-27(6-2)16-10-15-26-17-22-20-12-7-8-13-21(20)24(29)28(25(22)30)23-14-9-11-18(3)19(23)4/h7-9,11-14,17,22H,5-6,10,15-16H2,1-4H3/p+1. The van der Waals surface area contributed by atoms with Crippen molar-refractivity contribution in [3.05, 3.63) is 64.7 Å². The van der Waals surface area contributed by atoms with E-state index in [0.717, 1.165) is 42.7 Å². The van der Waals surface area contributed by atoms with E-state index in [1.807, 2.05) is 50.2 Å². The van der Waals surface area contributed by atoms with Crippen molar-refractivity contribution in [3.8, 4) is 0 Å². The van der Waals surface area contributed by atoms with Gasteiger partial charge in [0.05, 0.1) is 31.2 Å². The van der Waals surface area contributed by atoms with Crippen molar-refractivity contribution in [2.75, 3.05) is 31.1 Å². The van der Waals surface area contributed by atoms with Gasteiger partial charge in [-0.25, -0.2) is 4.90 Å². The first-order chi connectivity index (χ1) is 14.5. The molecule has 0 saturated heterocycles. The van der Waals surface area contributed by atoms with E-state index in [2.05, 4.69) is 18.8 Å². The fourth-order valence-corrected chi connectivity index (χ4v) is 4.01. The zero-order chi connectivity index (χ0) is 21.7. The van der Waals surface area contributed by atoms with Gasteiger partial charge in [0.25, 0.3) is 5.91 Å². The number of aryl methyl sites for hydroxylation is 1.